The third kappa shape index (κ3) is 2.70. The fourth-order valence-corrected chi connectivity index (χ4v) is 3.02. The topological polar surface area (TPSA) is 25.2 Å². The molecular weight excluding hydrogens is 258 g/mol. The number of aryl methyl sites for hydroxylation is 2. The Morgan fingerprint density at radius 3 is 3.11 bits per heavy atom. The molecule has 0 saturated carbocycles. The van der Waals surface area contributed by atoms with Crippen molar-refractivity contribution in [3.8, 4) is 0 Å². The van der Waals surface area contributed by atoms with E-state index in [4.69, 9.17) is 16.0 Å². The van der Waals surface area contributed by atoms with E-state index in [0.717, 1.165) is 23.7 Å². The standard InChI is InChI=1S/C16H18ClNO/c1-11-9-13(17)6-5-12(11)10-18-15-3-2-4-16-14(15)7-8-19-16/h5-9,15,18H,2-4,10H2,1H3. The van der Waals surface area contributed by atoms with Gasteiger partial charge in [-0.2, -0.15) is 0 Å². The molecule has 1 aromatic carbocycles. The first-order valence-corrected chi connectivity index (χ1v) is 7.16. The zero-order valence-electron chi connectivity index (χ0n) is 11.1. The van der Waals surface area contributed by atoms with Crippen molar-refractivity contribution in [3.05, 3.63) is 58.0 Å². The summed E-state index contributed by atoms with van der Waals surface area (Å²) in [5.41, 5.74) is 3.88. The maximum Gasteiger partial charge on any atom is 0.108 e. The van der Waals surface area contributed by atoms with Gasteiger partial charge in [0.05, 0.1) is 6.26 Å². The van der Waals surface area contributed by atoms with Crippen LogP contribution in [-0.2, 0) is 13.0 Å². The summed E-state index contributed by atoms with van der Waals surface area (Å²) in [5.74, 6) is 1.15. The normalized spacial score (nSPS) is 18.3. The Balaban J connectivity index is 1.71. The number of hydrogen-bond acceptors (Lipinski definition) is 2. The van der Waals surface area contributed by atoms with Crippen molar-refractivity contribution in [2.75, 3.05) is 0 Å². The number of benzene rings is 1. The fraction of sp³-hybridized carbons (Fsp3) is 0.375. The van der Waals surface area contributed by atoms with Gasteiger partial charge in [0.15, 0.2) is 0 Å². The number of halogens is 1. The van der Waals surface area contributed by atoms with Gasteiger partial charge in [-0.1, -0.05) is 17.7 Å². The Hall–Kier alpha value is -1.25. The highest BCUT2D eigenvalue weighted by atomic mass is 35.5. The van der Waals surface area contributed by atoms with E-state index in [9.17, 15) is 0 Å². The maximum absolute atomic E-state index is 5.99. The maximum atomic E-state index is 5.99. The molecule has 0 bridgehead atoms. The SMILES string of the molecule is Cc1cc(Cl)ccc1CNC1CCCc2occc21. The summed E-state index contributed by atoms with van der Waals surface area (Å²) in [6, 6.07) is 8.58. The van der Waals surface area contributed by atoms with Gasteiger partial charge in [0, 0.05) is 29.6 Å². The first-order valence-electron chi connectivity index (χ1n) is 6.79. The monoisotopic (exact) mass is 275 g/mol. The molecule has 100 valence electrons. The van der Waals surface area contributed by atoms with Crippen LogP contribution in [0.2, 0.25) is 5.02 Å². The largest absolute Gasteiger partial charge is 0.469 e. The average molecular weight is 276 g/mol. The van der Waals surface area contributed by atoms with E-state index in [-0.39, 0.29) is 0 Å². The van der Waals surface area contributed by atoms with Crippen LogP contribution in [-0.4, -0.2) is 0 Å². The van der Waals surface area contributed by atoms with Crippen LogP contribution < -0.4 is 5.32 Å². The molecule has 0 fully saturated rings. The van der Waals surface area contributed by atoms with Crippen molar-refractivity contribution in [2.24, 2.45) is 0 Å². The van der Waals surface area contributed by atoms with E-state index in [0.29, 0.717) is 6.04 Å². The highest BCUT2D eigenvalue weighted by molar-refractivity contribution is 6.30. The van der Waals surface area contributed by atoms with Crippen molar-refractivity contribution < 1.29 is 4.42 Å². The van der Waals surface area contributed by atoms with Crippen LogP contribution in [0.15, 0.2) is 34.9 Å². The van der Waals surface area contributed by atoms with E-state index >= 15 is 0 Å². The zero-order valence-corrected chi connectivity index (χ0v) is 11.8. The second-order valence-electron chi connectivity index (χ2n) is 5.20. The number of hydrogen-bond donors (Lipinski definition) is 1. The number of furan rings is 1. The zero-order chi connectivity index (χ0) is 13.2. The van der Waals surface area contributed by atoms with Crippen molar-refractivity contribution in [1.29, 1.82) is 0 Å². The minimum atomic E-state index is 0.414. The molecule has 1 aliphatic rings. The van der Waals surface area contributed by atoms with E-state index in [1.807, 2.05) is 12.1 Å². The van der Waals surface area contributed by atoms with Gasteiger partial charge in [-0.3, -0.25) is 0 Å². The minimum absolute atomic E-state index is 0.414. The molecular formula is C16H18ClNO. The average Bonchev–Trinajstić information content (AvgIpc) is 2.86. The minimum Gasteiger partial charge on any atom is -0.469 e. The Morgan fingerprint density at radius 2 is 2.26 bits per heavy atom. The van der Waals surface area contributed by atoms with E-state index in [1.165, 1.54) is 29.5 Å². The quantitative estimate of drug-likeness (QED) is 0.898. The van der Waals surface area contributed by atoms with Crippen LogP contribution in [0.3, 0.4) is 0 Å². The van der Waals surface area contributed by atoms with Crippen molar-refractivity contribution >= 4 is 11.6 Å². The highest BCUT2D eigenvalue weighted by Crippen LogP contribution is 2.30. The summed E-state index contributed by atoms with van der Waals surface area (Å²) in [6.45, 7) is 2.98. The summed E-state index contributed by atoms with van der Waals surface area (Å²) < 4.78 is 5.52. The Bertz CT molecular complexity index is 576. The van der Waals surface area contributed by atoms with Crippen LogP contribution >= 0.6 is 11.6 Å². The molecule has 0 amide bonds. The third-order valence-corrected chi connectivity index (χ3v) is 4.13. The Labute approximate surface area is 118 Å². The molecule has 19 heavy (non-hydrogen) atoms. The smallest absolute Gasteiger partial charge is 0.108 e. The lowest BCUT2D eigenvalue weighted by atomic mass is 9.93. The van der Waals surface area contributed by atoms with Gasteiger partial charge in [-0.15, -0.1) is 0 Å². The second-order valence-corrected chi connectivity index (χ2v) is 5.63. The lowest BCUT2D eigenvalue weighted by molar-refractivity contribution is 0.410. The van der Waals surface area contributed by atoms with E-state index in [1.54, 1.807) is 6.26 Å². The van der Waals surface area contributed by atoms with Gasteiger partial charge in [0.1, 0.15) is 5.76 Å². The molecule has 0 saturated heterocycles. The number of nitrogens with one attached hydrogen (secondary N) is 1. The molecule has 1 aliphatic carbocycles. The molecule has 3 rings (SSSR count). The Kier molecular flexibility index (Phi) is 3.63. The number of fused-ring (bicyclic) bond motifs is 1. The summed E-state index contributed by atoms with van der Waals surface area (Å²) >= 11 is 5.99. The molecule has 0 spiro atoms. The van der Waals surface area contributed by atoms with Crippen LogP contribution in [0.4, 0.5) is 0 Å². The molecule has 0 aliphatic heterocycles. The van der Waals surface area contributed by atoms with Gasteiger partial charge in [-0.25, -0.2) is 0 Å². The summed E-state index contributed by atoms with van der Waals surface area (Å²) in [5, 5.41) is 4.44. The van der Waals surface area contributed by atoms with E-state index < -0.39 is 0 Å². The van der Waals surface area contributed by atoms with Crippen LogP contribution in [0.1, 0.15) is 41.3 Å². The molecule has 2 nitrogen and oxygen atoms in total. The molecule has 2 aromatic rings. The Morgan fingerprint density at radius 1 is 1.37 bits per heavy atom. The molecule has 1 heterocycles. The lowest BCUT2D eigenvalue weighted by Crippen LogP contribution is -2.24. The summed E-state index contributed by atoms with van der Waals surface area (Å²) in [4.78, 5) is 0. The van der Waals surface area contributed by atoms with Gasteiger partial charge < -0.3 is 9.73 Å². The van der Waals surface area contributed by atoms with Crippen LogP contribution in [0.5, 0.6) is 0 Å². The van der Waals surface area contributed by atoms with E-state index in [2.05, 4.69) is 24.4 Å². The van der Waals surface area contributed by atoms with Crippen molar-refractivity contribution in [2.45, 2.75) is 38.8 Å². The highest BCUT2D eigenvalue weighted by Gasteiger charge is 2.21. The van der Waals surface area contributed by atoms with Gasteiger partial charge in [0.2, 0.25) is 0 Å². The summed E-state index contributed by atoms with van der Waals surface area (Å²) in [7, 11) is 0. The predicted octanol–water partition coefficient (Wildman–Crippen LogP) is 4.41. The van der Waals surface area contributed by atoms with Crippen molar-refractivity contribution in [3.63, 3.8) is 0 Å². The van der Waals surface area contributed by atoms with Crippen molar-refractivity contribution in [1.82, 2.24) is 5.32 Å². The van der Waals surface area contributed by atoms with Gasteiger partial charge in [0.25, 0.3) is 0 Å². The molecule has 1 atom stereocenters. The first-order chi connectivity index (χ1) is 9.24. The summed E-state index contributed by atoms with van der Waals surface area (Å²) in [6.07, 6.45) is 5.25. The fourth-order valence-electron chi connectivity index (χ4n) is 2.79. The molecule has 0 radical (unpaired) electrons. The molecule has 1 N–H and O–H groups in total. The molecule has 1 aromatic heterocycles. The second kappa shape index (κ2) is 5.40. The van der Waals surface area contributed by atoms with Crippen LogP contribution in [0, 0.1) is 6.92 Å². The van der Waals surface area contributed by atoms with Gasteiger partial charge in [-0.05, 0) is 49.1 Å². The number of rotatable bonds is 3. The first kappa shape index (κ1) is 12.8. The van der Waals surface area contributed by atoms with Gasteiger partial charge >= 0.3 is 0 Å². The predicted molar refractivity (Wildman–Crippen MR) is 77.4 cm³/mol. The molecule has 1 unspecified atom stereocenters. The lowest BCUT2D eigenvalue weighted by Gasteiger charge is -2.23. The third-order valence-electron chi connectivity index (χ3n) is 3.90. The van der Waals surface area contributed by atoms with Crippen LogP contribution in [0.25, 0.3) is 0 Å². The molecule has 3 heteroatoms.